The highest BCUT2D eigenvalue weighted by Gasteiger charge is 2.40. The van der Waals surface area contributed by atoms with Gasteiger partial charge in [0.05, 0.1) is 5.41 Å². The molecule has 17 heavy (non-hydrogen) atoms. The number of carboxylic acids is 1. The number of carboxylic acid groups (broad SMARTS) is 1. The molecule has 2 fully saturated rings. The second-order valence-corrected chi connectivity index (χ2v) is 5.49. The van der Waals surface area contributed by atoms with Crippen molar-refractivity contribution in [1.29, 1.82) is 0 Å². The van der Waals surface area contributed by atoms with Gasteiger partial charge in [0.15, 0.2) is 0 Å². The number of carbonyl (C=O) groups is 2. The van der Waals surface area contributed by atoms with Gasteiger partial charge in [-0.3, -0.25) is 9.59 Å². The fraction of sp³-hybridized carbons (Fsp3) is 0.846. The minimum Gasteiger partial charge on any atom is -0.481 e. The van der Waals surface area contributed by atoms with Crippen LogP contribution in [0, 0.1) is 11.3 Å². The van der Waals surface area contributed by atoms with Crippen LogP contribution in [-0.4, -0.2) is 23.5 Å². The Morgan fingerprint density at radius 1 is 1.12 bits per heavy atom. The number of rotatable bonds is 4. The maximum atomic E-state index is 11.6. The highest BCUT2D eigenvalue weighted by atomic mass is 16.4. The predicted molar refractivity (Wildman–Crippen MR) is 63.5 cm³/mol. The maximum Gasteiger partial charge on any atom is 0.311 e. The van der Waals surface area contributed by atoms with Gasteiger partial charge in [-0.05, 0) is 25.7 Å². The van der Waals surface area contributed by atoms with Crippen LogP contribution in [0.2, 0.25) is 0 Å². The quantitative estimate of drug-likeness (QED) is 0.737. The molecule has 0 aromatic carbocycles. The van der Waals surface area contributed by atoms with Crippen molar-refractivity contribution in [1.82, 2.24) is 5.32 Å². The van der Waals surface area contributed by atoms with Crippen molar-refractivity contribution in [2.75, 3.05) is 6.54 Å². The van der Waals surface area contributed by atoms with E-state index in [4.69, 9.17) is 0 Å². The van der Waals surface area contributed by atoms with E-state index in [9.17, 15) is 14.7 Å². The van der Waals surface area contributed by atoms with Crippen molar-refractivity contribution >= 4 is 11.9 Å². The molecule has 2 rings (SSSR count). The molecule has 0 radical (unpaired) electrons. The van der Waals surface area contributed by atoms with Gasteiger partial charge in [0.2, 0.25) is 5.91 Å². The molecule has 0 aromatic rings. The summed E-state index contributed by atoms with van der Waals surface area (Å²) >= 11 is 0. The second-order valence-electron chi connectivity index (χ2n) is 5.49. The highest BCUT2D eigenvalue weighted by molar-refractivity contribution is 5.82. The summed E-state index contributed by atoms with van der Waals surface area (Å²) in [5, 5.41) is 12.3. The van der Waals surface area contributed by atoms with E-state index < -0.39 is 11.4 Å². The van der Waals surface area contributed by atoms with Gasteiger partial charge in [-0.1, -0.05) is 25.7 Å². The summed E-state index contributed by atoms with van der Waals surface area (Å²) in [6.45, 7) is 0.317. The molecule has 0 heterocycles. The van der Waals surface area contributed by atoms with Crippen molar-refractivity contribution in [3.05, 3.63) is 0 Å². The van der Waals surface area contributed by atoms with E-state index in [1.54, 1.807) is 0 Å². The zero-order chi connectivity index (χ0) is 12.3. The number of carbonyl (C=O) groups excluding carboxylic acids is 1. The zero-order valence-electron chi connectivity index (χ0n) is 10.2. The Bertz CT molecular complexity index is 302. The molecule has 2 aliphatic carbocycles. The average Bonchev–Trinajstić information content (AvgIpc) is 3.13. The molecule has 2 N–H and O–H groups in total. The lowest BCUT2D eigenvalue weighted by Crippen LogP contribution is -2.43. The normalized spacial score (nSPS) is 23.8. The molecule has 0 spiro atoms. The molecule has 0 unspecified atom stereocenters. The summed E-state index contributed by atoms with van der Waals surface area (Å²) in [5.74, 6) is -0.531. The minimum atomic E-state index is -0.740. The monoisotopic (exact) mass is 239 g/mol. The Labute approximate surface area is 102 Å². The van der Waals surface area contributed by atoms with Crippen LogP contribution in [0.15, 0.2) is 0 Å². The zero-order valence-corrected chi connectivity index (χ0v) is 10.2. The number of nitrogens with one attached hydrogen (secondary N) is 1. The largest absolute Gasteiger partial charge is 0.481 e. The smallest absolute Gasteiger partial charge is 0.311 e. The second kappa shape index (κ2) is 5.07. The molecule has 2 saturated carbocycles. The van der Waals surface area contributed by atoms with E-state index >= 15 is 0 Å². The van der Waals surface area contributed by atoms with E-state index in [0.29, 0.717) is 19.4 Å². The van der Waals surface area contributed by atoms with Gasteiger partial charge < -0.3 is 10.4 Å². The Morgan fingerprint density at radius 3 is 2.18 bits per heavy atom. The van der Waals surface area contributed by atoms with Gasteiger partial charge in [-0.25, -0.2) is 0 Å². The Morgan fingerprint density at radius 2 is 1.71 bits per heavy atom. The summed E-state index contributed by atoms with van der Waals surface area (Å²) < 4.78 is 0. The molecule has 4 nitrogen and oxygen atoms in total. The highest BCUT2D eigenvalue weighted by Crippen LogP contribution is 2.35. The predicted octanol–water partition coefficient (Wildman–Crippen LogP) is 1.94. The van der Waals surface area contributed by atoms with Crippen LogP contribution >= 0.6 is 0 Å². The lowest BCUT2D eigenvalue weighted by Gasteiger charge is -2.28. The molecule has 1 amide bonds. The molecule has 96 valence electrons. The van der Waals surface area contributed by atoms with Crippen molar-refractivity contribution < 1.29 is 14.7 Å². The number of amides is 1. The first-order chi connectivity index (χ1) is 8.14. The van der Waals surface area contributed by atoms with E-state index in [-0.39, 0.29) is 11.8 Å². The van der Waals surface area contributed by atoms with Crippen LogP contribution in [0.1, 0.15) is 51.4 Å². The fourth-order valence-corrected chi connectivity index (χ4v) is 2.62. The van der Waals surface area contributed by atoms with Crippen LogP contribution in [0.4, 0.5) is 0 Å². The lowest BCUT2D eigenvalue weighted by atomic mass is 9.80. The van der Waals surface area contributed by atoms with Gasteiger partial charge in [0.25, 0.3) is 0 Å². The van der Waals surface area contributed by atoms with Gasteiger partial charge in [0.1, 0.15) is 0 Å². The molecule has 0 saturated heterocycles. The third-order valence-corrected chi connectivity index (χ3v) is 4.06. The van der Waals surface area contributed by atoms with E-state index in [0.717, 1.165) is 38.5 Å². The van der Waals surface area contributed by atoms with Crippen LogP contribution < -0.4 is 5.32 Å². The van der Waals surface area contributed by atoms with Gasteiger partial charge in [-0.15, -0.1) is 0 Å². The average molecular weight is 239 g/mol. The summed E-state index contributed by atoms with van der Waals surface area (Å²) in [5.41, 5.74) is -0.707. The van der Waals surface area contributed by atoms with E-state index in [1.165, 1.54) is 0 Å². The summed E-state index contributed by atoms with van der Waals surface area (Å²) in [6, 6.07) is 0. The van der Waals surface area contributed by atoms with E-state index in [2.05, 4.69) is 5.32 Å². The van der Waals surface area contributed by atoms with Crippen molar-refractivity contribution in [2.45, 2.75) is 51.4 Å². The summed E-state index contributed by atoms with van der Waals surface area (Å²) in [4.78, 5) is 23.1. The summed E-state index contributed by atoms with van der Waals surface area (Å²) in [7, 11) is 0. The third kappa shape index (κ3) is 2.99. The van der Waals surface area contributed by atoms with Crippen molar-refractivity contribution in [3.63, 3.8) is 0 Å². The maximum absolute atomic E-state index is 11.6. The van der Waals surface area contributed by atoms with Crippen molar-refractivity contribution in [2.24, 2.45) is 11.3 Å². The Balaban J connectivity index is 1.94. The molecular weight excluding hydrogens is 218 g/mol. The van der Waals surface area contributed by atoms with Gasteiger partial charge in [0, 0.05) is 12.5 Å². The number of hydrogen-bond acceptors (Lipinski definition) is 2. The molecule has 0 atom stereocenters. The third-order valence-electron chi connectivity index (χ3n) is 4.06. The van der Waals surface area contributed by atoms with Crippen LogP contribution in [0.5, 0.6) is 0 Å². The molecule has 0 aliphatic heterocycles. The summed E-state index contributed by atoms with van der Waals surface area (Å²) in [6.07, 6.45) is 7.49. The molecular formula is C13H21NO3. The molecule has 0 bridgehead atoms. The molecule has 4 heteroatoms. The number of hydrogen-bond donors (Lipinski definition) is 2. The first-order valence-corrected chi connectivity index (χ1v) is 6.65. The van der Waals surface area contributed by atoms with Crippen LogP contribution in [-0.2, 0) is 9.59 Å². The van der Waals surface area contributed by atoms with Crippen LogP contribution in [0.3, 0.4) is 0 Å². The number of aliphatic carboxylic acids is 1. The Hall–Kier alpha value is -1.06. The minimum absolute atomic E-state index is 0.0508. The van der Waals surface area contributed by atoms with Gasteiger partial charge >= 0.3 is 5.97 Å². The van der Waals surface area contributed by atoms with Crippen LogP contribution in [0.25, 0.3) is 0 Å². The van der Waals surface area contributed by atoms with E-state index in [1.807, 2.05) is 0 Å². The van der Waals surface area contributed by atoms with Crippen molar-refractivity contribution in [3.8, 4) is 0 Å². The topological polar surface area (TPSA) is 66.4 Å². The molecule has 0 aromatic heterocycles. The lowest BCUT2D eigenvalue weighted by molar-refractivity contribution is -0.149. The Kier molecular flexibility index (Phi) is 3.69. The standard InChI is InChI=1S/C13H21NO3/c15-11(10-5-6-10)14-9-13(12(16)17)7-3-1-2-4-8-13/h10H,1-9H2,(H,14,15)(H,16,17). The fourth-order valence-electron chi connectivity index (χ4n) is 2.62. The SMILES string of the molecule is O=C(NCC1(C(=O)O)CCCCCC1)C1CC1. The van der Waals surface area contributed by atoms with Gasteiger partial charge in [-0.2, -0.15) is 0 Å². The molecule has 2 aliphatic rings. The first-order valence-electron chi connectivity index (χ1n) is 6.65. The first kappa shape index (κ1) is 12.4.